The number of hydrogen-bond donors (Lipinski definition) is 1. The summed E-state index contributed by atoms with van der Waals surface area (Å²) in [5.74, 6) is 0.659. The molecule has 0 unspecified atom stereocenters. The van der Waals surface area contributed by atoms with E-state index in [2.05, 4.69) is 40.1 Å². The van der Waals surface area contributed by atoms with Gasteiger partial charge in [0, 0.05) is 16.4 Å². The van der Waals surface area contributed by atoms with Crippen LogP contribution in [0.25, 0.3) is 10.9 Å². The number of nitrogens with zero attached hydrogens (tertiary/aromatic N) is 1. The second kappa shape index (κ2) is 5.65. The first kappa shape index (κ1) is 13.3. The van der Waals surface area contributed by atoms with Gasteiger partial charge in [-0.2, -0.15) is 0 Å². The van der Waals surface area contributed by atoms with Crippen LogP contribution in [0.15, 0.2) is 22.7 Å². The summed E-state index contributed by atoms with van der Waals surface area (Å²) in [5, 5.41) is 4.16. The number of fused-ring (bicyclic) bond motifs is 1. The van der Waals surface area contributed by atoms with Crippen LogP contribution < -0.4 is 5.32 Å². The minimum Gasteiger partial charge on any atom is -0.370 e. The molecule has 0 atom stereocenters. The second-order valence-corrected chi connectivity index (χ2v) is 5.09. The summed E-state index contributed by atoms with van der Waals surface area (Å²) < 4.78 is 14.1. The number of nitrogens with one attached hydrogen (secondary N) is 1. The summed E-state index contributed by atoms with van der Waals surface area (Å²) in [4.78, 5) is 4.60. The zero-order valence-corrected chi connectivity index (χ0v) is 12.1. The van der Waals surface area contributed by atoms with Crippen LogP contribution in [0.2, 0.25) is 0 Å². The normalized spacial score (nSPS) is 10.9. The molecule has 2 nitrogen and oxygen atoms in total. The van der Waals surface area contributed by atoms with E-state index in [1.54, 1.807) is 0 Å². The molecule has 0 fully saturated rings. The number of anilines is 1. The highest BCUT2D eigenvalue weighted by molar-refractivity contribution is 9.10. The first-order valence-electron chi connectivity index (χ1n) is 6.18. The van der Waals surface area contributed by atoms with Crippen LogP contribution in [0.5, 0.6) is 0 Å². The molecule has 0 bridgehead atoms. The van der Waals surface area contributed by atoms with E-state index in [1.807, 2.05) is 6.07 Å². The zero-order chi connectivity index (χ0) is 13.1. The lowest BCUT2D eigenvalue weighted by Crippen LogP contribution is -2.05. The lowest BCUT2D eigenvalue weighted by molar-refractivity contribution is 0.629. The van der Waals surface area contributed by atoms with E-state index in [9.17, 15) is 4.39 Å². The Bertz CT molecular complexity index is 569. The molecular weight excluding hydrogens is 295 g/mol. The molecule has 4 heteroatoms. The van der Waals surface area contributed by atoms with Crippen LogP contribution in [0.1, 0.15) is 25.8 Å². The molecular formula is C14H16BrFN2. The minimum absolute atomic E-state index is 0.243. The van der Waals surface area contributed by atoms with Gasteiger partial charge in [0.1, 0.15) is 11.6 Å². The molecule has 96 valence electrons. The van der Waals surface area contributed by atoms with Crippen LogP contribution in [-0.4, -0.2) is 11.5 Å². The molecule has 1 aromatic heterocycles. The van der Waals surface area contributed by atoms with Gasteiger partial charge in [0.15, 0.2) is 0 Å². The lowest BCUT2D eigenvalue weighted by Gasteiger charge is -2.11. The molecule has 0 saturated carbocycles. The third-order valence-corrected chi connectivity index (χ3v) is 3.44. The number of pyridine rings is 1. The number of benzene rings is 1. The first-order chi connectivity index (χ1) is 8.65. The Labute approximate surface area is 115 Å². The highest BCUT2D eigenvalue weighted by Gasteiger charge is 2.09. The quantitative estimate of drug-likeness (QED) is 0.898. The van der Waals surface area contributed by atoms with Crippen LogP contribution in [0.3, 0.4) is 0 Å². The van der Waals surface area contributed by atoms with Crippen molar-refractivity contribution in [3.05, 3.63) is 34.1 Å². The van der Waals surface area contributed by atoms with Crippen LogP contribution >= 0.6 is 15.9 Å². The average Bonchev–Trinajstić information content (AvgIpc) is 2.35. The van der Waals surface area contributed by atoms with E-state index < -0.39 is 0 Å². The molecule has 0 aliphatic rings. The molecule has 1 N–H and O–H groups in total. The Balaban J connectivity index is 2.57. The largest absolute Gasteiger partial charge is 0.370 e. The van der Waals surface area contributed by atoms with E-state index in [4.69, 9.17) is 0 Å². The van der Waals surface area contributed by atoms with Crippen LogP contribution in [0.4, 0.5) is 10.2 Å². The maximum Gasteiger partial charge on any atom is 0.129 e. The van der Waals surface area contributed by atoms with E-state index in [1.165, 1.54) is 12.1 Å². The fourth-order valence-corrected chi connectivity index (χ4v) is 2.46. The summed E-state index contributed by atoms with van der Waals surface area (Å²) in [7, 11) is 0. The SMILES string of the molecule is CCCNc1nc2c(Br)cc(F)cc2cc1CC. The Morgan fingerprint density at radius 1 is 1.28 bits per heavy atom. The van der Waals surface area contributed by atoms with E-state index in [0.717, 1.165) is 41.7 Å². The first-order valence-corrected chi connectivity index (χ1v) is 6.97. The van der Waals surface area contributed by atoms with Gasteiger partial charge in [-0.3, -0.25) is 0 Å². The summed E-state index contributed by atoms with van der Waals surface area (Å²) in [6, 6.07) is 4.98. The molecule has 1 heterocycles. The monoisotopic (exact) mass is 310 g/mol. The van der Waals surface area contributed by atoms with Crippen molar-refractivity contribution in [3.8, 4) is 0 Å². The van der Waals surface area contributed by atoms with Crippen LogP contribution in [0, 0.1) is 5.82 Å². The number of halogens is 2. The van der Waals surface area contributed by atoms with Crippen molar-refractivity contribution in [1.29, 1.82) is 0 Å². The van der Waals surface area contributed by atoms with Crippen molar-refractivity contribution in [2.45, 2.75) is 26.7 Å². The third-order valence-electron chi connectivity index (χ3n) is 2.84. The van der Waals surface area contributed by atoms with Gasteiger partial charge in [-0.15, -0.1) is 0 Å². The van der Waals surface area contributed by atoms with Crippen molar-refractivity contribution in [1.82, 2.24) is 4.98 Å². The second-order valence-electron chi connectivity index (χ2n) is 4.24. The van der Waals surface area contributed by atoms with Crippen molar-refractivity contribution >= 4 is 32.7 Å². The number of rotatable bonds is 4. The Morgan fingerprint density at radius 3 is 2.72 bits per heavy atom. The highest BCUT2D eigenvalue weighted by Crippen LogP contribution is 2.28. The molecule has 2 rings (SSSR count). The van der Waals surface area contributed by atoms with Crippen molar-refractivity contribution in [2.75, 3.05) is 11.9 Å². The van der Waals surface area contributed by atoms with E-state index in [-0.39, 0.29) is 5.82 Å². The van der Waals surface area contributed by atoms with Crippen molar-refractivity contribution < 1.29 is 4.39 Å². The molecule has 0 spiro atoms. The summed E-state index contributed by atoms with van der Waals surface area (Å²) in [5.41, 5.74) is 1.92. The average molecular weight is 311 g/mol. The van der Waals surface area contributed by atoms with Gasteiger partial charge in [0.05, 0.1) is 5.52 Å². The highest BCUT2D eigenvalue weighted by atomic mass is 79.9. The van der Waals surface area contributed by atoms with Gasteiger partial charge < -0.3 is 5.32 Å². The van der Waals surface area contributed by atoms with Gasteiger partial charge in [-0.1, -0.05) is 13.8 Å². The summed E-state index contributed by atoms with van der Waals surface area (Å²) in [6.07, 6.45) is 1.93. The minimum atomic E-state index is -0.243. The smallest absolute Gasteiger partial charge is 0.129 e. The molecule has 1 aromatic carbocycles. The molecule has 0 amide bonds. The van der Waals surface area contributed by atoms with Gasteiger partial charge in [0.25, 0.3) is 0 Å². The third kappa shape index (κ3) is 2.64. The number of aromatic nitrogens is 1. The van der Waals surface area contributed by atoms with Gasteiger partial charge in [-0.25, -0.2) is 9.37 Å². The predicted octanol–water partition coefficient (Wildman–Crippen LogP) is 4.52. The Hall–Kier alpha value is -1.16. The topological polar surface area (TPSA) is 24.9 Å². The maximum absolute atomic E-state index is 13.4. The van der Waals surface area contributed by atoms with Crippen molar-refractivity contribution in [3.63, 3.8) is 0 Å². The summed E-state index contributed by atoms with van der Waals surface area (Å²) >= 11 is 3.37. The Kier molecular flexibility index (Phi) is 4.17. The molecule has 0 aliphatic heterocycles. The molecule has 0 aliphatic carbocycles. The van der Waals surface area contributed by atoms with Crippen molar-refractivity contribution in [2.24, 2.45) is 0 Å². The lowest BCUT2D eigenvalue weighted by atomic mass is 10.1. The fourth-order valence-electron chi connectivity index (χ4n) is 1.92. The predicted molar refractivity (Wildman–Crippen MR) is 77.6 cm³/mol. The number of hydrogen-bond acceptors (Lipinski definition) is 2. The van der Waals surface area contributed by atoms with E-state index >= 15 is 0 Å². The maximum atomic E-state index is 13.4. The van der Waals surface area contributed by atoms with Gasteiger partial charge in [0.2, 0.25) is 0 Å². The molecule has 2 aromatic rings. The standard InChI is InChI=1S/C14H16BrFN2/c1-3-5-17-14-9(4-2)6-10-7-11(16)8-12(15)13(10)18-14/h6-8H,3-5H2,1-2H3,(H,17,18). The van der Waals surface area contributed by atoms with Crippen LogP contribution in [-0.2, 0) is 6.42 Å². The van der Waals surface area contributed by atoms with E-state index in [0.29, 0.717) is 4.47 Å². The number of aryl methyl sites for hydroxylation is 1. The molecule has 0 saturated heterocycles. The zero-order valence-electron chi connectivity index (χ0n) is 10.6. The summed E-state index contributed by atoms with van der Waals surface area (Å²) in [6.45, 7) is 5.09. The fraction of sp³-hybridized carbons (Fsp3) is 0.357. The van der Waals surface area contributed by atoms with Gasteiger partial charge in [-0.05, 0) is 52.5 Å². The van der Waals surface area contributed by atoms with Gasteiger partial charge >= 0.3 is 0 Å². The Morgan fingerprint density at radius 2 is 2.06 bits per heavy atom. The molecule has 0 radical (unpaired) electrons. The molecule has 18 heavy (non-hydrogen) atoms.